The van der Waals surface area contributed by atoms with Gasteiger partial charge in [-0.25, -0.2) is 9.97 Å². The van der Waals surface area contributed by atoms with Crippen molar-refractivity contribution in [3.05, 3.63) is 12.4 Å². The van der Waals surface area contributed by atoms with E-state index in [1.807, 2.05) is 0 Å². The van der Waals surface area contributed by atoms with E-state index >= 15 is 0 Å². The summed E-state index contributed by atoms with van der Waals surface area (Å²) >= 11 is 0. The van der Waals surface area contributed by atoms with E-state index in [1.165, 1.54) is 0 Å². The molecule has 0 aromatic carbocycles. The lowest BCUT2D eigenvalue weighted by molar-refractivity contribution is 0.367. The molecule has 0 saturated heterocycles. The Balaban J connectivity index is 2.28. The zero-order valence-electron chi connectivity index (χ0n) is 8.70. The summed E-state index contributed by atoms with van der Waals surface area (Å²) in [7, 11) is 2.08. The molecule has 0 aliphatic heterocycles. The molecule has 78 valence electrons. The van der Waals surface area contributed by atoms with Gasteiger partial charge in [0.1, 0.15) is 11.6 Å². The summed E-state index contributed by atoms with van der Waals surface area (Å²) in [5.41, 5.74) is 5.42. The highest BCUT2D eigenvalue weighted by Gasteiger charge is 1.95. The Labute approximate surface area is 84.3 Å². The lowest BCUT2D eigenvalue weighted by atomic mass is 10.5. The quantitative estimate of drug-likeness (QED) is 0.713. The van der Waals surface area contributed by atoms with Crippen LogP contribution in [0.15, 0.2) is 12.4 Å². The predicted molar refractivity (Wildman–Crippen MR) is 58.1 cm³/mol. The van der Waals surface area contributed by atoms with Crippen LogP contribution in [0.2, 0.25) is 0 Å². The number of rotatable bonds is 5. The summed E-state index contributed by atoms with van der Waals surface area (Å²) in [6.07, 6.45) is 3.19. The lowest BCUT2D eigenvalue weighted by Crippen LogP contribution is -2.24. The molecule has 1 rings (SSSR count). The molecular formula is C9H17N5. The Morgan fingerprint density at radius 2 is 2.21 bits per heavy atom. The van der Waals surface area contributed by atoms with Crippen LogP contribution in [0.4, 0.5) is 11.6 Å². The molecule has 0 spiro atoms. The van der Waals surface area contributed by atoms with Crippen LogP contribution < -0.4 is 11.1 Å². The molecule has 0 unspecified atom stereocenters. The van der Waals surface area contributed by atoms with Gasteiger partial charge in [-0.15, -0.1) is 0 Å². The van der Waals surface area contributed by atoms with E-state index in [0.29, 0.717) is 5.82 Å². The van der Waals surface area contributed by atoms with Crippen LogP contribution in [0.1, 0.15) is 6.92 Å². The Hall–Kier alpha value is -1.36. The maximum Gasteiger partial charge on any atom is 0.144 e. The van der Waals surface area contributed by atoms with E-state index in [2.05, 4.69) is 34.2 Å². The van der Waals surface area contributed by atoms with Gasteiger partial charge in [0, 0.05) is 13.1 Å². The van der Waals surface area contributed by atoms with Gasteiger partial charge in [-0.3, -0.25) is 0 Å². The van der Waals surface area contributed by atoms with Gasteiger partial charge in [0.05, 0.1) is 12.4 Å². The lowest BCUT2D eigenvalue weighted by Gasteiger charge is -2.13. The van der Waals surface area contributed by atoms with Crippen LogP contribution in [-0.4, -0.2) is 41.5 Å². The van der Waals surface area contributed by atoms with E-state index in [4.69, 9.17) is 5.73 Å². The average molecular weight is 195 g/mol. The molecule has 0 fully saturated rings. The normalized spacial score (nSPS) is 10.5. The minimum absolute atomic E-state index is 0.446. The third-order valence-corrected chi connectivity index (χ3v) is 2.01. The molecule has 0 atom stereocenters. The molecular weight excluding hydrogens is 178 g/mol. The predicted octanol–water partition coefficient (Wildman–Crippen LogP) is 0.422. The van der Waals surface area contributed by atoms with Crippen LogP contribution in [-0.2, 0) is 0 Å². The van der Waals surface area contributed by atoms with E-state index in [9.17, 15) is 0 Å². The van der Waals surface area contributed by atoms with Crippen molar-refractivity contribution in [1.82, 2.24) is 14.9 Å². The molecule has 0 aliphatic carbocycles. The molecule has 0 amide bonds. The number of nitrogen functional groups attached to an aromatic ring is 1. The van der Waals surface area contributed by atoms with Gasteiger partial charge < -0.3 is 16.0 Å². The van der Waals surface area contributed by atoms with Crippen molar-refractivity contribution in [3.63, 3.8) is 0 Å². The summed E-state index contributed by atoms with van der Waals surface area (Å²) < 4.78 is 0. The first-order chi connectivity index (χ1) is 6.72. The number of aromatic nitrogens is 2. The van der Waals surface area contributed by atoms with Gasteiger partial charge in [-0.2, -0.15) is 0 Å². The van der Waals surface area contributed by atoms with E-state index in [0.717, 1.165) is 25.5 Å². The topological polar surface area (TPSA) is 67.1 Å². The summed E-state index contributed by atoms with van der Waals surface area (Å²) in [6.45, 7) is 5.03. The van der Waals surface area contributed by atoms with Crippen molar-refractivity contribution in [2.75, 3.05) is 37.7 Å². The number of nitrogens with one attached hydrogen (secondary N) is 1. The molecule has 5 heteroatoms. The molecule has 3 N–H and O–H groups in total. The third kappa shape index (κ3) is 3.57. The highest BCUT2D eigenvalue weighted by Crippen LogP contribution is 2.00. The van der Waals surface area contributed by atoms with Gasteiger partial charge in [0.25, 0.3) is 0 Å². The second kappa shape index (κ2) is 5.39. The molecule has 0 aliphatic rings. The van der Waals surface area contributed by atoms with Crippen LogP contribution in [0.5, 0.6) is 0 Å². The number of nitrogens with zero attached hydrogens (tertiary/aromatic N) is 3. The van der Waals surface area contributed by atoms with Crippen molar-refractivity contribution >= 4 is 11.6 Å². The smallest absolute Gasteiger partial charge is 0.144 e. The van der Waals surface area contributed by atoms with Crippen molar-refractivity contribution < 1.29 is 0 Å². The summed E-state index contributed by atoms with van der Waals surface area (Å²) in [5, 5.41) is 3.17. The number of anilines is 2. The van der Waals surface area contributed by atoms with E-state index < -0.39 is 0 Å². The number of nitrogens with two attached hydrogens (primary N) is 1. The fourth-order valence-corrected chi connectivity index (χ4v) is 0.962. The second-order valence-electron chi connectivity index (χ2n) is 3.15. The summed E-state index contributed by atoms with van der Waals surface area (Å²) in [4.78, 5) is 10.2. The Morgan fingerprint density at radius 1 is 1.43 bits per heavy atom. The van der Waals surface area contributed by atoms with Gasteiger partial charge in [-0.05, 0) is 13.6 Å². The molecule has 0 radical (unpaired) electrons. The fourth-order valence-electron chi connectivity index (χ4n) is 0.962. The van der Waals surface area contributed by atoms with Crippen LogP contribution in [0, 0.1) is 0 Å². The first-order valence-corrected chi connectivity index (χ1v) is 4.72. The van der Waals surface area contributed by atoms with E-state index in [1.54, 1.807) is 12.4 Å². The highest BCUT2D eigenvalue weighted by atomic mass is 15.1. The Bertz CT molecular complexity index is 258. The summed E-state index contributed by atoms with van der Waals surface area (Å²) in [6, 6.07) is 0. The van der Waals surface area contributed by atoms with Gasteiger partial charge >= 0.3 is 0 Å². The van der Waals surface area contributed by atoms with Crippen LogP contribution in [0.25, 0.3) is 0 Å². The zero-order valence-corrected chi connectivity index (χ0v) is 8.70. The highest BCUT2D eigenvalue weighted by molar-refractivity contribution is 5.35. The van der Waals surface area contributed by atoms with Gasteiger partial charge in [-0.1, -0.05) is 6.92 Å². The SMILES string of the molecule is CCN(C)CCNc1cnc(N)cn1. The Kier molecular flexibility index (Phi) is 4.12. The van der Waals surface area contributed by atoms with Gasteiger partial charge in [0.2, 0.25) is 0 Å². The van der Waals surface area contributed by atoms with E-state index in [-0.39, 0.29) is 0 Å². The molecule has 1 heterocycles. The molecule has 1 aromatic rings. The molecule has 14 heavy (non-hydrogen) atoms. The van der Waals surface area contributed by atoms with Crippen molar-refractivity contribution in [2.45, 2.75) is 6.92 Å². The van der Waals surface area contributed by atoms with Crippen LogP contribution >= 0.6 is 0 Å². The minimum atomic E-state index is 0.446. The van der Waals surface area contributed by atoms with Crippen LogP contribution in [0.3, 0.4) is 0 Å². The average Bonchev–Trinajstić information content (AvgIpc) is 2.21. The number of hydrogen-bond donors (Lipinski definition) is 2. The minimum Gasteiger partial charge on any atom is -0.382 e. The monoisotopic (exact) mass is 195 g/mol. The van der Waals surface area contributed by atoms with Crippen molar-refractivity contribution in [2.24, 2.45) is 0 Å². The number of hydrogen-bond acceptors (Lipinski definition) is 5. The number of likely N-dealkylation sites (N-methyl/N-ethyl adjacent to an activating group) is 1. The first-order valence-electron chi connectivity index (χ1n) is 4.72. The summed E-state index contributed by atoms with van der Waals surface area (Å²) in [5.74, 6) is 1.21. The van der Waals surface area contributed by atoms with Crippen molar-refractivity contribution in [3.8, 4) is 0 Å². The maximum absolute atomic E-state index is 5.42. The first kappa shape index (κ1) is 10.7. The molecule has 1 aromatic heterocycles. The Morgan fingerprint density at radius 3 is 2.79 bits per heavy atom. The largest absolute Gasteiger partial charge is 0.382 e. The molecule has 0 bridgehead atoms. The van der Waals surface area contributed by atoms with Crippen molar-refractivity contribution in [1.29, 1.82) is 0 Å². The second-order valence-corrected chi connectivity index (χ2v) is 3.15. The zero-order chi connectivity index (χ0) is 10.4. The molecule has 5 nitrogen and oxygen atoms in total. The molecule has 0 saturated carbocycles. The van der Waals surface area contributed by atoms with Gasteiger partial charge in [0.15, 0.2) is 0 Å². The third-order valence-electron chi connectivity index (χ3n) is 2.01. The standard InChI is InChI=1S/C9H17N5/c1-3-14(2)5-4-11-9-7-12-8(10)6-13-9/h6-7H,3-5H2,1-2H3,(H2,10,12)(H,11,13). The maximum atomic E-state index is 5.42. The fraction of sp³-hybridized carbons (Fsp3) is 0.556.